The Bertz CT molecular complexity index is 1540. The molecule has 4 heterocycles. The second-order valence-corrected chi connectivity index (χ2v) is 12.1. The number of allylic oxidation sites excluding steroid dienone is 1. The minimum absolute atomic E-state index is 0.0719. The Morgan fingerprint density at radius 2 is 2.02 bits per heavy atom. The van der Waals surface area contributed by atoms with Crippen molar-refractivity contribution in [1.82, 2.24) is 24.5 Å². The second kappa shape index (κ2) is 11.1. The number of aryl methyl sites for hydroxylation is 2. The van der Waals surface area contributed by atoms with Crippen molar-refractivity contribution in [3.8, 4) is 0 Å². The predicted molar refractivity (Wildman–Crippen MR) is 154 cm³/mol. The van der Waals surface area contributed by atoms with Crippen LogP contribution >= 0.6 is 11.6 Å². The molecule has 0 radical (unpaired) electrons. The molecule has 1 aliphatic carbocycles. The summed E-state index contributed by atoms with van der Waals surface area (Å²) >= 11 is 6.41. The lowest BCUT2D eigenvalue weighted by Crippen LogP contribution is -2.62. The van der Waals surface area contributed by atoms with Crippen LogP contribution in [0.4, 0.5) is 0 Å². The number of rotatable bonds is 8. The van der Waals surface area contributed by atoms with E-state index in [1.165, 1.54) is 9.36 Å². The maximum atomic E-state index is 12.7. The van der Waals surface area contributed by atoms with Gasteiger partial charge in [0.2, 0.25) is 0 Å². The van der Waals surface area contributed by atoms with E-state index in [2.05, 4.69) is 15.1 Å². The van der Waals surface area contributed by atoms with Gasteiger partial charge in [-0.1, -0.05) is 17.7 Å². The highest BCUT2D eigenvalue weighted by Crippen LogP contribution is 2.56. The predicted octanol–water partition coefficient (Wildman–Crippen LogP) is 4.17. The third-order valence-electron chi connectivity index (χ3n) is 8.79. The summed E-state index contributed by atoms with van der Waals surface area (Å²) in [5.41, 5.74) is 3.13. The van der Waals surface area contributed by atoms with Crippen molar-refractivity contribution in [3.63, 3.8) is 0 Å². The van der Waals surface area contributed by atoms with Gasteiger partial charge in [0.25, 0.3) is 11.1 Å². The smallest absolute Gasteiger partial charge is 0.275 e. The molecule has 3 aromatic rings. The van der Waals surface area contributed by atoms with E-state index < -0.39 is 0 Å². The van der Waals surface area contributed by atoms with Crippen molar-refractivity contribution in [2.45, 2.75) is 51.2 Å². The summed E-state index contributed by atoms with van der Waals surface area (Å²) in [6.07, 6.45) is 12.1. The van der Waals surface area contributed by atoms with Crippen molar-refractivity contribution in [1.29, 1.82) is 0 Å². The molecule has 1 aromatic carbocycles. The van der Waals surface area contributed by atoms with Gasteiger partial charge in [-0.05, 0) is 85.6 Å². The third-order valence-corrected chi connectivity index (χ3v) is 9.10. The van der Waals surface area contributed by atoms with Crippen LogP contribution in [0.25, 0.3) is 16.3 Å². The van der Waals surface area contributed by atoms with Crippen molar-refractivity contribution in [3.05, 3.63) is 73.7 Å². The van der Waals surface area contributed by atoms with Crippen LogP contribution < -0.4 is 11.1 Å². The highest BCUT2D eigenvalue weighted by molar-refractivity contribution is 6.35. The van der Waals surface area contributed by atoms with E-state index in [0.717, 1.165) is 86.7 Å². The molecule has 9 nitrogen and oxygen atoms in total. The summed E-state index contributed by atoms with van der Waals surface area (Å²) in [6, 6.07) is 5.49. The molecule has 212 valence electrons. The van der Waals surface area contributed by atoms with Gasteiger partial charge in [-0.15, -0.1) is 0 Å². The van der Waals surface area contributed by atoms with Gasteiger partial charge in [0.15, 0.2) is 6.23 Å². The van der Waals surface area contributed by atoms with Crippen LogP contribution in [0.2, 0.25) is 5.02 Å². The van der Waals surface area contributed by atoms with Crippen LogP contribution in [0.1, 0.15) is 55.9 Å². The SMILES string of the molecule is CO/C=C(/c1ccc(Cl)c2c(=O)n(C)ncc12)C1CC2(C1)CN(CCCc1cnn(C3CCCCO3)c(=O)c1)C2. The number of nitrogens with zero attached hydrogens (tertiary/aromatic N) is 5. The summed E-state index contributed by atoms with van der Waals surface area (Å²) in [5.74, 6) is 0.362. The minimum Gasteiger partial charge on any atom is -0.504 e. The van der Waals surface area contributed by atoms with Crippen LogP contribution in [0, 0.1) is 11.3 Å². The van der Waals surface area contributed by atoms with Crippen molar-refractivity contribution < 1.29 is 9.47 Å². The molecule has 10 heteroatoms. The van der Waals surface area contributed by atoms with Crippen LogP contribution in [0.15, 0.2) is 46.4 Å². The number of hydrogen-bond acceptors (Lipinski definition) is 7. The zero-order chi connectivity index (χ0) is 27.9. The van der Waals surface area contributed by atoms with Gasteiger partial charge >= 0.3 is 0 Å². The van der Waals surface area contributed by atoms with Gasteiger partial charge in [0.05, 0.1) is 36.2 Å². The molecule has 2 saturated heterocycles. The third kappa shape index (κ3) is 5.10. The van der Waals surface area contributed by atoms with Crippen LogP contribution in [-0.2, 0) is 22.9 Å². The fraction of sp³-hybridized carbons (Fsp3) is 0.533. The molecule has 40 heavy (non-hydrogen) atoms. The number of hydrogen-bond donors (Lipinski definition) is 0. The molecular formula is C30H36ClN5O4. The average Bonchev–Trinajstić information content (AvgIpc) is 2.91. The van der Waals surface area contributed by atoms with Crippen molar-refractivity contribution in [2.75, 3.05) is 33.4 Å². The molecule has 2 aromatic heterocycles. The van der Waals surface area contributed by atoms with E-state index >= 15 is 0 Å². The summed E-state index contributed by atoms with van der Waals surface area (Å²) in [7, 11) is 3.30. The first-order chi connectivity index (χ1) is 19.4. The summed E-state index contributed by atoms with van der Waals surface area (Å²) in [4.78, 5) is 27.8. The fourth-order valence-electron chi connectivity index (χ4n) is 6.82. The Hall–Kier alpha value is -3.01. The molecule has 1 atom stereocenters. The monoisotopic (exact) mass is 565 g/mol. The van der Waals surface area contributed by atoms with Crippen LogP contribution in [0.3, 0.4) is 0 Å². The Morgan fingerprint density at radius 1 is 1.20 bits per heavy atom. The summed E-state index contributed by atoms with van der Waals surface area (Å²) in [5, 5.41) is 10.3. The molecule has 0 bridgehead atoms. The lowest BCUT2D eigenvalue weighted by molar-refractivity contribution is -0.0792. The molecule has 1 unspecified atom stereocenters. The summed E-state index contributed by atoms with van der Waals surface area (Å²) < 4.78 is 14.0. The molecule has 3 fully saturated rings. The Labute approximate surface area is 238 Å². The number of aromatic nitrogens is 4. The number of likely N-dealkylation sites (tertiary alicyclic amines) is 1. The van der Waals surface area contributed by atoms with E-state index in [0.29, 0.717) is 28.3 Å². The van der Waals surface area contributed by atoms with Crippen molar-refractivity contribution in [2.24, 2.45) is 18.4 Å². The number of benzene rings is 1. The minimum atomic E-state index is -0.222. The van der Waals surface area contributed by atoms with Gasteiger partial charge in [-0.3, -0.25) is 9.59 Å². The lowest BCUT2D eigenvalue weighted by atomic mass is 9.55. The molecule has 1 spiro atoms. The van der Waals surface area contributed by atoms with Crippen molar-refractivity contribution >= 4 is 27.9 Å². The highest BCUT2D eigenvalue weighted by Gasteiger charge is 2.53. The zero-order valence-electron chi connectivity index (χ0n) is 23.1. The standard InChI is InChI=1S/C30H36ClN5O4/c1-34-29(38)28-23(16-32-34)22(8-9-25(28)31)24(17-39-2)21-13-30(14-21)18-35(19-30)10-5-6-20-12-26(37)36(33-15-20)27-7-3-4-11-40-27/h8-9,12,15-17,21,27H,3-7,10-11,13-14,18-19H2,1-2H3/b24-17+. The normalized spacial score (nSPS) is 21.4. The van der Waals surface area contributed by atoms with E-state index in [4.69, 9.17) is 21.1 Å². The first-order valence-electron chi connectivity index (χ1n) is 14.2. The second-order valence-electron chi connectivity index (χ2n) is 11.7. The molecule has 6 rings (SSSR count). The van der Waals surface area contributed by atoms with Gasteiger partial charge in [0, 0.05) is 38.2 Å². The maximum Gasteiger partial charge on any atom is 0.275 e. The van der Waals surface area contributed by atoms with Gasteiger partial charge in [-0.2, -0.15) is 10.2 Å². The Balaban J connectivity index is 1.03. The fourth-order valence-corrected chi connectivity index (χ4v) is 7.06. The number of methoxy groups -OCH3 is 1. The first kappa shape index (κ1) is 27.2. The van der Waals surface area contributed by atoms with Crippen LogP contribution in [0.5, 0.6) is 0 Å². The quantitative estimate of drug-likeness (QED) is 0.378. The number of ether oxygens (including phenoxy) is 2. The summed E-state index contributed by atoms with van der Waals surface area (Å²) in [6.45, 7) is 3.89. The zero-order valence-corrected chi connectivity index (χ0v) is 23.9. The van der Waals surface area contributed by atoms with Gasteiger partial charge in [0.1, 0.15) is 0 Å². The highest BCUT2D eigenvalue weighted by atomic mass is 35.5. The molecular weight excluding hydrogens is 530 g/mol. The maximum absolute atomic E-state index is 12.7. The molecule has 0 amide bonds. The molecule has 2 aliphatic heterocycles. The first-order valence-corrected chi connectivity index (χ1v) is 14.5. The lowest BCUT2D eigenvalue weighted by Gasteiger charge is -2.60. The largest absolute Gasteiger partial charge is 0.504 e. The van der Waals surface area contributed by atoms with Gasteiger partial charge in [-0.25, -0.2) is 9.36 Å². The Morgan fingerprint density at radius 3 is 2.75 bits per heavy atom. The topological polar surface area (TPSA) is 91.5 Å². The molecule has 0 N–H and O–H groups in total. The average molecular weight is 566 g/mol. The molecule has 1 saturated carbocycles. The van der Waals surface area contributed by atoms with E-state index in [9.17, 15) is 9.59 Å². The Kier molecular flexibility index (Phi) is 7.54. The van der Waals surface area contributed by atoms with E-state index in [-0.39, 0.29) is 17.3 Å². The number of halogens is 1. The number of fused-ring (bicyclic) bond motifs is 1. The van der Waals surface area contributed by atoms with Gasteiger partial charge < -0.3 is 14.4 Å². The van der Waals surface area contributed by atoms with E-state index in [1.54, 1.807) is 32.5 Å². The molecule has 3 aliphatic rings. The van der Waals surface area contributed by atoms with Crippen LogP contribution in [-0.4, -0.2) is 57.8 Å². The van der Waals surface area contributed by atoms with E-state index in [1.807, 2.05) is 18.5 Å².